The van der Waals surface area contributed by atoms with Crippen LogP contribution in [0.3, 0.4) is 0 Å². The molecule has 0 unspecified atom stereocenters. The first kappa shape index (κ1) is 17.6. The summed E-state index contributed by atoms with van der Waals surface area (Å²) in [5.74, 6) is 1.60. The SMILES string of the molecule is COc1ccccc1OCC(=O)Nc1ccc(NC(C)(C)C)nc1. The van der Waals surface area contributed by atoms with E-state index in [1.165, 1.54) is 0 Å². The van der Waals surface area contributed by atoms with Crippen molar-refractivity contribution in [1.29, 1.82) is 0 Å². The predicted molar refractivity (Wildman–Crippen MR) is 94.7 cm³/mol. The molecule has 2 N–H and O–H groups in total. The van der Waals surface area contributed by atoms with Crippen LogP contribution in [0, 0.1) is 0 Å². The topological polar surface area (TPSA) is 72.5 Å². The van der Waals surface area contributed by atoms with E-state index in [2.05, 4.69) is 36.4 Å². The molecule has 1 heterocycles. The molecule has 0 saturated heterocycles. The predicted octanol–water partition coefficient (Wildman–Crippen LogP) is 3.32. The Kier molecular flexibility index (Phi) is 5.63. The normalized spacial score (nSPS) is 10.8. The molecule has 2 rings (SSSR count). The van der Waals surface area contributed by atoms with Crippen molar-refractivity contribution >= 4 is 17.4 Å². The second-order valence-electron chi connectivity index (χ2n) is 6.29. The minimum absolute atomic E-state index is 0.0691. The lowest BCUT2D eigenvalue weighted by atomic mass is 10.1. The molecule has 0 aliphatic heterocycles. The smallest absolute Gasteiger partial charge is 0.262 e. The van der Waals surface area contributed by atoms with Gasteiger partial charge in [0.05, 0.1) is 19.0 Å². The van der Waals surface area contributed by atoms with Crippen LogP contribution in [-0.2, 0) is 4.79 Å². The first-order valence-electron chi connectivity index (χ1n) is 7.67. The number of carbonyl (C=O) groups excluding carboxylic acids is 1. The summed E-state index contributed by atoms with van der Waals surface area (Å²) < 4.78 is 10.7. The molecule has 1 aromatic carbocycles. The highest BCUT2D eigenvalue weighted by atomic mass is 16.5. The van der Waals surface area contributed by atoms with E-state index >= 15 is 0 Å². The number of benzene rings is 1. The number of carbonyl (C=O) groups is 1. The van der Waals surface area contributed by atoms with Crippen LogP contribution in [0.2, 0.25) is 0 Å². The molecule has 0 spiro atoms. The molecule has 0 bridgehead atoms. The number of para-hydroxylation sites is 2. The van der Waals surface area contributed by atoms with Crippen molar-refractivity contribution in [2.24, 2.45) is 0 Å². The summed E-state index contributed by atoms with van der Waals surface area (Å²) >= 11 is 0. The molecule has 0 fully saturated rings. The molecule has 0 atom stereocenters. The first-order valence-corrected chi connectivity index (χ1v) is 7.67. The first-order chi connectivity index (χ1) is 11.4. The van der Waals surface area contributed by atoms with Crippen molar-refractivity contribution in [3.8, 4) is 11.5 Å². The minimum atomic E-state index is -0.265. The summed E-state index contributed by atoms with van der Waals surface area (Å²) in [5.41, 5.74) is 0.545. The number of nitrogens with zero attached hydrogens (tertiary/aromatic N) is 1. The summed E-state index contributed by atoms with van der Waals surface area (Å²) in [6.07, 6.45) is 1.61. The van der Waals surface area contributed by atoms with Gasteiger partial charge in [0.15, 0.2) is 18.1 Å². The van der Waals surface area contributed by atoms with Gasteiger partial charge in [0.2, 0.25) is 0 Å². The Morgan fingerprint density at radius 2 is 1.83 bits per heavy atom. The standard InChI is InChI=1S/C18H23N3O3/c1-18(2,3)21-16-10-9-13(11-19-16)20-17(22)12-24-15-8-6-5-7-14(15)23-4/h5-11H,12H2,1-4H3,(H,19,21)(H,20,22). The van der Waals surface area contributed by atoms with Crippen molar-refractivity contribution in [2.45, 2.75) is 26.3 Å². The summed E-state index contributed by atoms with van der Waals surface area (Å²) in [4.78, 5) is 16.3. The van der Waals surface area contributed by atoms with Crippen molar-refractivity contribution in [3.05, 3.63) is 42.6 Å². The molecule has 6 nitrogen and oxygen atoms in total. The number of rotatable bonds is 6. The Bertz CT molecular complexity index is 679. The molecule has 1 amide bonds. The van der Waals surface area contributed by atoms with Crippen molar-refractivity contribution < 1.29 is 14.3 Å². The zero-order chi connectivity index (χ0) is 17.6. The fourth-order valence-electron chi connectivity index (χ4n) is 2.00. The fraction of sp³-hybridized carbons (Fsp3) is 0.333. The van der Waals surface area contributed by atoms with Crippen molar-refractivity contribution in [2.75, 3.05) is 24.4 Å². The maximum Gasteiger partial charge on any atom is 0.262 e. The van der Waals surface area contributed by atoms with E-state index in [0.717, 1.165) is 5.82 Å². The van der Waals surface area contributed by atoms with Gasteiger partial charge in [-0.25, -0.2) is 4.98 Å². The van der Waals surface area contributed by atoms with Gasteiger partial charge in [0.25, 0.3) is 5.91 Å². The number of ether oxygens (including phenoxy) is 2. The molecular weight excluding hydrogens is 306 g/mol. The van der Waals surface area contributed by atoms with Crippen LogP contribution in [0.15, 0.2) is 42.6 Å². The molecule has 0 saturated carbocycles. The lowest BCUT2D eigenvalue weighted by Gasteiger charge is -2.21. The van der Waals surface area contributed by atoms with Gasteiger partial charge >= 0.3 is 0 Å². The Balaban J connectivity index is 1.88. The van der Waals surface area contributed by atoms with Gasteiger partial charge in [-0.15, -0.1) is 0 Å². The third-order valence-corrected chi connectivity index (χ3v) is 2.98. The Labute approximate surface area is 142 Å². The van der Waals surface area contributed by atoms with E-state index in [0.29, 0.717) is 17.2 Å². The lowest BCUT2D eigenvalue weighted by molar-refractivity contribution is -0.118. The van der Waals surface area contributed by atoms with E-state index in [4.69, 9.17) is 9.47 Å². The zero-order valence-electron chi connectivity index (χ0n) is 14.4. The molecule has 0 radical (unpaired) electrons. The van der Waals surface area contributed by atoms with Crippen LogP contribution >= 0.6 is 0 Å². The zero-order valence-corrected chi connectivity index (χ0v) is 14.4. The highest BCUT2D eigenvalue weighted by molar-refractivity contribution is 5.91. The second kappa shape index (κ2) is 7.68. The van der Waals surface area contributed by atoms with E-state index in [9.17, 15) is 4.79 Å². The molecule has 2 aromatic rings. The van der Waals surface area contributed by atoms with Crippen molar-refractivity contribution in [3.63, 3.8) is 0 Å². The maximum atomic E-state index is 12.0. The molecular formula is C18H23N3O3. The average Bonchev–Trinajstić information content (AvgIpc) is 2.53. The van der Waals surface area contributed by atoms with E-state index in [1.807, 2.05) is 18.2 Å². The molecule has 0 aliphatic carbocycles. The summed E-state index contributed by atoms with van der Waals surface area (Å²) in [5, 5.41) is 6.00. The third kappa shape index (κ3) is 5.46. The molecule has 6 heteroatoms. The second-order valence-corrected chi connectivity index (χ2v) is 6.29. The Hall–Kier alpha value is -2.76. The number of nitrogens with one attached hydrogen (secondary N) is 2. The van der Waals surface area contributed by atoms with Gasteiger partial charge in [-0.2, -0.15) is 0 Å². The van der Waals surface area contributed by atoms with Crippen LogP contribution in [-0.4, -0.2) is 30.1 Å². The lowest BCUT2D eigenvalue weighted by Crippen LogP contribution is -2.26. The van der Waals surface area contributed by atoms with Gasteiger partial charge in [-0.3, -0.25) is 4.79 Å². The number of aromatic nitrogens is 1. The number of hydrogen-bond acceptors (Lipinski definition) is 5. The van der Waals surface area contributed by atoms with Gasteiger partial charge in [0, 0.05) is 5.54 Å². The summed E-state index contributed by atoms with van der Waals surface area (Å²) in [7, 11) is 1.56. The monoisotopic (exact) mass is 329 g/mol. The highest BCUT2D eigenvalue weighted by Gasteiger charge is 2.11. The maximum absolute atomic E-state index is 12.0. The number of pyridine rings is 1. The molecule has 0 aliphatic rings. The number of amides is 1. The van der Waals surface area contributed by atoms with Gasteiger partial charge in [-0.1, -0.05) is 12.1 Å². The highest BCUT2D eigenvalue weighted by Crippen LogP contribution is 2.25. The number of hydrogen-bond donors (Lipinski definition) is 2. The summed E-state index contributed by atoms with van der Waals surface area (Å²) in [6.45, 7) is 6.06. The van der Waals surface area contributed by atoms with E-state index < -0.39 is 0 Å². The molecule has 1 aromatic heterocycles. The van der Waals surface area contributed by atoms with Crippen LogP contribution in [0.4, 0.5) is 11.5 Å². The Morgan fingerprint density at radius 1 is 1.12 bits per heavy atom. The summed E-state index contributed by atoms with van der Waals surface area (Å²) in [6, 6.07) is 10.8. The van der Waals surface area contributed by atoms with Crippen LogP contribution in [0.25, 0.3) is 0 Å². The third-order valence-electron chi connectivity index (χ3n) is 2.98. The number of methoxy groups -OCH3 is 1. The van der Waals surface area contributed by atoms with Crippen LogP contribution < -0.4 is 20.1 Å². The average molecular weight is 329 g/mol. The van der Waals surface area contributed by atoms with Gasteiger partial charge < -0.3 is 20.1 Å². The number of anilines is 2. The largest absolute Gasteiger partial charge is 0.493 e. The molecule has 24 heavy (non-hydrogen) atoms. The minimum Gasteiger partial charge on any atom is -0.493 e. The van der Waals surface area contributed by atoms with Gasteiger partial charge in [0.1, 0.15) is 5.82 Å². The van der Waals surface area contributed by atoms with Crippen molar-refractivity contribution in [1.82, 2.24) is 4.98 Å². The Morgan fingerprint density at radius 3 is 2.42 bits per heavy atom. The van der Waals surface area contributed by atoms with Crippen LogP contribution in [0.1, 0.15) is 20.8 Å². The quantitative estimate of drug-likeness (QED) is 0.850. The van der Waals surface area contributed by atoms with E-state index in [1.54, 1.807) is 31.5 Å². The van der Waals surface area contributed by atoms with E-state index in [-0.39, 0.29) is 18.1 Å². The fourth-order valence-corrected chi connectivity index (χ4v) is 2.00. The van der Waals surface area contributed by atoms with Gasteiger partial charge in [-0.05, 0) is 45.0 Å². The van der Waals surface area contributed by atoms with Crippen LogP contribution in [0.5, 0.6) is 11.5 Å². The molecule has 128 valence electrons.